The van der Waals surface area contributed by atoms with Crippen molar-refractivity contribution in [2.45, 2.75) is 225 Å². The van der Waals surface area contributed by atoms with Gasteiger partial charge in [-0.3, -0.25) is 18.6 Å². The highest BCUT2D eigenvalue weighted by atomic mass is 31.2. The van der Waals surface area contributed by atoms with Crippen molar-refractivity contribution in [1.29, 1.82) is 0 Å². The van der Waals surface area contributed by atoms with Gasteiger partial charge < -0.3 is 25.2 Å². The number of rotatable bonds is 43. The van der Waals surface area contributed by atoms with Crippen LogP contribution in [0.4, 0.5) is 0 Å². The van der Waals surface area contributed by atoms with Crippen molar-refractivity contribution in [3.63, 3.8) is 0 Å². The summed E-state index contributed by atoms with van der Waals surface area (Å²) in [6.45, 7) is 3.90. The average Bonchev–Trinajstić information content (AvgIpc) is 3.15. The number of unbranched alkanes of at least 4 members (excludes halogenated alkanes) is 27. The molecule has 3 unspecified atom stereocenters. The molecule has 0 amide bonds. The normalized spacial score (nSPS) is 14.0. The van der Waals surface area contributed by atoms with Crippen LogP contribution in [0.25, 0.3) is 0 Å². The zero-order valence-corrected chi connectivity index (χ0v) is 35.7. The molecule has 11 heteroatoms. The first kappa shape index (κ1) is 52.7. The van der Waals surface area contributed by atoms with Crippen molar-refractivity contribution < 1.29 is 42.7 Å². The molecule has 0 aromatic heterocycles. The molecule has 0 saturated heterocycles. The monoisotopic (exact) mass is 790 g/mol. The molecular weight excluding hydrogens is 705 g/mol. The van der Waals surface area contributed by atoms with E-state index in [0.29, 0.717) is 6.61 Å². The van der Waals surface area contributed by atoms with Crippen LogP contribution in [-0.2, 0) is 32.7 Å². The molecule has 0 fully saturated rings. The van der Waals surface area contributed by atoms with Gasteiger partial charge in [0.2, 0.25) is 0 Å². The lowest BCUT2D eigenvalue weighted by Crippen LogP contribution is -2.34. The van der Waals surface area contributed by atoms with Gasteiger partial charge in [-0.2, -0.15) is 0 Å². The Balaban J connectivity index is 4.17. The van der Waals surface area contributed by atoms with Gasteiger partial charge in [0, 0.05) is 13.0 Å². The van der Waals surface area contributed by atoms with Crippen LogP contribution in [0.1, 0.15) is 213 Å². The molecule has 10 nitrogen and oxygen atoms in total. The summed E-state index contributed by atoms with van der Waals surface area (Å²) in [5, 5.41) is 8.89. The lowest BCUT2D eigenvalue weighted by molar-refractivity contribution is -0.154. The third kappa shape index (κ3) is 39.0. The molecule has 0 bridgehead atoms. The quantitative estimate of drug-likeness (QED) is 0.0235. The number of ether oxygens (including phenoxy) is 2. The first-order valence-electron chi connectivity index (χ1n) is 22.2. The molecule has 3 atom stereocenters. The number of allylic oxidation sites excluding steroid dienone is 2. The average molecular weight is 790 g/mol. The van der Waals surface area contributed by atoms with Crippen molar-refractivity contribution in [1.82, 2.24) is 0 Å². The van der Waals surface area contributed by atoms with Gasteiger partial charge in [0.05, 0.1) is 19.8 Å². The fraction of sp³-hybridized carbons (Fsp3) is 0.907. The minimum absolute atomic E-state index is 0.0203. The van der Waals surface area contributed by atoms with E-state index in [4.69, 9.17) is 29.4 Å². The minimum atomic E-state index is -4.61. The van der Waals surface area contributed by atoms with Gasteiger partial charge in [0.1, 0.15) is 12.1 Å². The molecule has 0 aliphatic rings. The summed E-state index contributed by atoms with van der Waals surface area (Å²) in [6, 6.07) is -1.47. The predicted octanol–water partition coefficient (Wildman–Crippen LogP) is 12.1. The Labute approximate surface area is 331 Å². The number of esters is 1. The van der Waals surface area contributed by atoms with E-state index in [1.54, 1.807) is 0 Å². The molecule has 0 saturated carbocycles. The second-order valence-electron chi connectivity index (χ2n) is 15.2. The fourth-order valence-corrected chi connectivity index (χ4v) is 7.08. The second kappa shape index (κ2) is 39.9. The van der Waals surface area contributed by atoms with Crippen LogP contribution in [0.15, 0.2) is 12.2 Å². The highest BCUT2D eigenvalue weighted by Crippen LogP contribution is 2.43. The fourth-order valence-electron chi connectivity index (χ4n) is 6.31. The van der Waals surface area contributed by atoms with Gasteiger partial charge >= 0.3 is 19.8 Å². The molecule has 0 radical (unpaired) electrons. The molecule has 54 heavy (non-hydrogen) atoms. The molecule has 0 heterocycles. The van der Waals surface area contributed by atoms with Crippen molar-refractivity contribution in [2.75, 3.05) is 26.4 Å². The zero-order chi connectivity index (χ0) is 39.8. The number of hydrogen-bond donors (Lipinski definition) is 3. The Hall–Kier alpha value is -1.29. The highest BCUT2D eigenvalue weighted by molar-refractivity contribution is 7.47. The molecule has 320 valence electrons. The van der Waals surface area contributed by atoms with E-state index in [-0.39, 0.29) is 13.0 Å². The topological polar surface area (TPSA) is 155 Å². The van der Waals surface area contributed by atoms with Gasteiger partial charge in [0.25, 0.3) is 0 Å². The third-order valence-electron chi connectivity index (χ3n) is 9.79. The summed E-state index contributed by atoms with van der Waals surface area (Å²) in [4.78, 5) is 33.5. The van der Waals surface area contributed by atoms with E-state index in [1.165, 1.54) is 154 Å². The second-order valence-corrected chi connectivity index (χ2v) is 16.6. The summed E-state index contributed by atoms with van der Waals surface area (Å²) < 4.78 is 33.3. The predicted molar refractivity (Wildman–Crippen MR) is 222 cm³/mol. The SMILES string of the molecule is CCCCCCCCC/C=C\CCCCCCCCCCOCC(COP(=O)(O)OCC(N)C(=O)O)OC(=O)CCCCCCCCCCCCCCC. The molecule has 0 aromatic rings. The smallest absolute Gasteiger partial charge is 0.472 e. The van der Waals surface area contributed by atoms with Crippen LogP contribution in [0, 0.1) is 0 Å². The third-order valence-corrected chi connectivity index (χ3v) is 10.7. The Bertz CT molecular complexity index is 919. The van der Waals surface area contributed by atoms with Crippen LogP contribution >= 0.6 is 7.82 Å². The number of phosphoric ester groups is 1. The number of phosphoric acid groups is 1. The maximum atomic E-state index is 12.6. The molecular formula is C43H84NO9P. The Kier molecular flexibility index (Phi) is 39.0. The number of carboxylic acid groups (broad SMARTS) is 1. The molecule has 4 N–H and O–H groups in total. The van der Waals surface area contributed by atoms with E-state index >= 15 is 0 Å². The Morgan fingerprint density at radius 3 is 1.41 bits per heavy atom. The van der Waals surface area contributed by atoms with E-state index < -0.39 is 45.1 Å². The van der Waals surface area contributed by atoms with Gasteiger partial charge in [-0.15, -0.1) is 0 Å². The van der Waals surface area contributed by atoms with E-state index in [9.17, 15) is 19.0 Å². The van der Waals surface area contributed by atoms with Crippen LogP contribution < -0.4 is 5.73 Å². The van der Waals surface area contributed by atoms with Gasteiger partial charge in [-0.05, 0) is 38.5 Å². The summed E-state index contributed by atoms with van der Waals surface area (Å²) in [7, 11) is -4.61. The first-order valence-corrected chi connectivity index (χ1v) is 23.7. The van der Waals surface area contributed by atoms with Gasteiger partial charge in [0.15, 0.2) is 0 Å². The van der Waals surface area contributed by atoms with Crippen LogP contribution in [0.5, 0.6) is 0 Å². The van der Waals surface area contributed by atoms with E-state index in [0.717, 1.165) is 38.5 Å². The summed E-state index contributed by atoms with van der Waals surface area (Å²) >= 11 is 0. The number of carbonyl (C=O) groups excluding carboxylic acids is 1. The molecule has 0 aromatic carbocycles. The highest BCUT2D eigenvalue weighted by Gasteiger charge is 2.27. The lowest BCUT2D eigenvalue weighted by atomic mass is 10.0. The van der Waals surface area contributed by atoms with Crippen LogP contribution in [-0.4, -0.2) is 60.5 Å². The lowest BCUT2D eigenvalue weighted by Gasteiger charge is -2.20. The summed E-state index contributed by atoms with van der Waals surface area (Å²) in [5.74, 6) is -1.77. The molecule has 0 aliphatic carbocycles. The zero-order valence-electron chi connectivity index (χ0n) is 34.8. The minimum Gasteiger partial charge on any atom is -0.480 e. The Morgan fingerprint density at radius 2 is 0.963 bits per heavy atom. The first-order chi connectivity index (χ1) is 26.2. The van der Waals surface area contributed by atoms with Crippen molar-refractivity contribution in [3.8, 4) is 0 Å². The van der Waals surface area contributed by atoms with Crippen LogP contribution in [0.3, 0.4) is 0 Å². The number of carbonyl (C=O) groups is 2. The van der Waals surface area contributed by atoms with Crippen molar-refractivity contribution in [3.05, 3.63) is 12.2 Å². The number of hydrogen-bond acceptors (Lipinski definition) is 8. The maximum absolute atomic E-state index is 12.6. The standard InChI is InChI=1S/C43H84NO9P/c1-3-5-7-9-11-13-15-17-18-19-20-21-22-24-26-28-30-32-34-36-50-37-40(38-51-54(48,49)52-39-41(44)43(46)47)53-42(45)35-33-31-29-27-25-23-16-14-12-10-8-6-4-2/h18-19,40-41H,3-17,20-39,44H2,1-2H3,(H,46,47)(H,48,49)/b19-18-. The number of aliphatic carboxylic acids is 1. The van der Waals surface area contributed by atoms with Gasteiger partial charge in [-0.1, -0.05) is 180 Å². The largest absolute Gasteiger partial charge is 0.480 e. The summed E-state index contributed by atoms with van der Waals surface area (Å²) in [5.41, 5.74) is 5.35. The van der Waals surface area contributed by atoms with Crippen molar-refractivity contribution >= 4 is 19.8 Å². The van der Waals surface area contributed by atoms with Crippen LogP contribution in [0.2, 0.25) is 0 Å². The maximum Gasteiger partial charge on any atom is 0.472 e. The van der Waals surface area contributed by atoms with Crippen molar-refractivity contribution in [2.24, 2.45) is 5.73 Å². The van der Waals surface area contributed by atoms with E-state index in [1.807, 2.05) is 0 Å². The van der Waals surface area contributed by atoms with E-state index in [2.05, 4.69) is 26.0 Å². The Morgan fingerprint density at radius 1 is 0.574 bits per heavy atom. The number of nitrogens with two attached hydrogens (primary N) is 1. The molecule has 0 rings (SSSR count). The molecule has 0 spiro atoms. The molecule has 0 aliphatic heterocycles. The number of carboxylic acids is 1. The van der Waals surface area contributed by atoms with Gasteiger partial charge in [-0.25, -0.2) is 4.57 Å². The summed E-state index contributed by atoms with van der Waals surface area (Å²) in [6.07, 6.45) is 41.2.